The van der Waals surface area contributed by atoms with Gasteiger partial charge in [0, 0.05) is 46.3 Å². The predicted molar refractivity (Wildman–Crippen MR) is 89.2 cm³/mol. The highest BCUT2D eigenvalue weighted by molar-refractivity contribution is 6.07. The molecule has 134 valence electrons. The minimum atomic E-state index is -0.805. The van der Waals surface area contributed by atoms with Gasteiger partial charge in [-0.1, -0.05) is 0 Å². The molecule has 1 N–H and O–H groups in total. The lowest BCUT2D eigenvalue weighted by atomic mass is 10.0. The minimum absolute atomic E-state index is 0.0381. The van der Waals surface area contributed by atoms with E-state index in [1.54, 1.807) is 11.9 Å². The van der Waals surface area contributed by atoms with E-state index >= 15 is 0 Å². The predicted octanol–water partition coefficient (Wildman–Crippen LogP) is -0.331. The zero-order valence-electron chi connectivity index (χ0n) is 14.6. The molecule has 3 fully saturated rings. The molecule has 0 aromatic rings. The number of piperazine rings is 1. The molecule has 0 aromatic heterocycles. The first-order chi connectivity index (χ1) is 11.6. The van der Waals surface area contributed by atoms with E-state index in [1.165, 1.54) is 6.42 Å². The summed E-state index contributed by atoms with van der Waals surface area (Å²) in [5, 5.41) is 2.61. The van der Waals surface area contributed by atoms with Gasteiger partial charge in [0.2, 0.25) is 17.7 Å². The van der Waals surface area contributed by atoms with Crippen molar-refractivity contribution in [1.29, 1.82) is 0 Å². The van der Waals surface area contributed by atoms with Crippen LogP contribution in [0.15, 0.2) is 0 Å². The van der Waals surface area contributed by atoms with Crippen LogP contribution >= 0.6 is 0 Å². The van der Waals surface area contributed by atoms with Crippen molar-refractivity contribution in [1.82, 2.24) is 20.0 Å². The molecule has 0 atom stereocenters. The van der Waals surface area contributed by atoms with Gasteiger partial charge in [-0.05, 0) is 32.1 Å². The van der Waals surface area contributed by atoms with Gasteiger partial charge in [-0.2, -0.15) is 0 Å². The molecule has 3 amide bonds. The molecule has 0 radical (unpaired) electrons. The van der Waals surface area contributed by atoms with Gasteiger partial charge in [-0.25, -0.2) is 0 Å². The number of carbonyl (C=O) groups excluding carboxylic acids is 3. The Morgan fingerprint density at radius 3 is 2.04 bits per heavy atom. The summed E-state index contributed by atoms with van der Waals surface area (Å²) in [7, 11) is 1.58. The number of rotatable bonds is 4. The summed E-state index contributed by atoms with van der Waals surface area (Å²) in [4.78, 5) is 42.8. The monoisotopic (exact) mass is 336 g/mol. The van der Waals surface area contributed by atoms with Gasteiger partial charge in [0.1, 0.15) is 5.41 Å². The zero-order valence-corrected chi connectivity index (χ0v) is 14.6. The molecule has 2 heterocycles. The normalized spacial score (nSPS) is 23.7. The number of nitrogens with zero attached hydrogens (tertiary/aromatic N) is 3. The van der Waals surface area contributed by atoms with E-state index in [0.717, 1.165) is 25.9 Å². The molecule has 3 aliphatic rings. The topological polar surface area (TPSA) is 73.0 Å². The summed E-state index contributed by atoms with van der Waals surface area (Å²) in [5.41, 5.74) is -0.805. The number of piperidine rings is 1. The van der Waals surface area contributed by atoms with E-state index in [1.807, 2.05) is 4.90 Å². The standard InChI is InChI=1S/C17H28N4O3/c1-18-15(23)17(5-6-17)16(24)21-11-9-19(10-12-21)13-14(22)20-7-3-2-4-8-20/h2-13H2,1H3,(H,18,23). The van der Waals surface area contributed by atoms with Crippen molar-refractivity contribution in [3.05, 3.63) is 0 Å². The first kappa shape index (κ1) is 17.2. The zero-order chi connectivity index (χ0) is 17.2. The van der Waals surface area contributed by atoms with Crippen LogP contribution in [-0.4, -0.2) is 85.3 Å². The number of nitrogens with one attached hydrogen (secondary N) is 1. The van der Waals surface area contributed by atoms with Crippen molar-refractivity contribution in [2.45, 2.75) is 32.1 Å². The molecule has 0 bridgehead atoms. The Hall–Kier alpha value is -1.63. The van der Waals surface area contributed by atoms with Crippen molar-refractivity contribution in [2.24, 2.45) is 5.41 Å². The maximum absolute atomic E-state index is 12.6. The molecule has 7 heteroatoms. The van der Waals surface area contributed by atoms with Crippen molar-refractivity contribution in [3.8, 4) is 0 Å². The summed E-state index contributed by atoms with van der Waals surface area (Å²) >= 11 is 0. The highest BCUT2D eigenvalue weighted by Gasteiger charge is 2.57. The molecule has 1 saturated carbocycles. The summed E-state index contributed by atoms with van der Waals surface area (Å²) in [5.74, 6) is 0.0116. The molecule has 24 heavy (non-hydrogen) atoms. The van der Waals surface area contributed by atoms with Gasteiger partial charge in [0.05, 0.1) is 6.54 Å². The van der Waals surface area contributed by atoms with Gasteiger partial charge in [0.25, 0.3) is 0 Å². The number of hydrogen-bond acceptors (Lipinski definition) is 4. The number of amides is 3. The lowest BCUT2D eigenvalue weighted by molar-refractivity contribution is -0.145. The van der Waals surface area contributed by atoms with Crippen molar-refractivity contribution in [2.75, 3.05) is 52.9 Å². The van der Waals surface area contributed by atoms with E-state index in [0.29, 0.717) is 45.6 Å². The largest absolute Gasteiger partial charge is 0.358 e. The van der Waals surface area contributed by atoms with Crippen LogP contribution in [0, 0.1) is 5.41 Å². The SMILES string of the molecule is CNC(=O)C1(C(=O)N2CCN(CC(=O)N3CCCCC3)CC2)CC1. The van der Waals surface area contributed by atoms with Crippen LogP contribution in [0.1, 0.15) is 32.1 Å². The van der Waals surface area contributed by atoms with Crippen LogP contribution in [0.5, 0.6) is 0 Å². The van der Waals surface area contributed by atoms with E-state index in [-0.39, 0.29) is 17.7 Å². The van der Waals surface area contributed by atoms with Gasteiger partial charge >= 0.3 is 0 Å². The average molecular weight is 336 g/mol. The Kier molecular flexibility index (Phi) is 5.08. The van der Waals surface area contributed by atoms with Gasteiger partial charge in [0.15, 0.2) is 0 Å². The molecule has 7 nitrogen and oxygen atoms in total. The summed E-state index contributed by atoms with van der Waals surface area (Å²) in [6.07, 6.45) is 4.74. The molecule has 0 spiro atoms. The molecular formula is C17H28N4O3. The van der Waals surface area contributed by atoms with Gasteiger partial charge in [-0.15, -0.1) is 0 Å². The molecule has 2 aliphatic heterocycles. The molecule has 2 saturated heterocycles. The second-order valence-electron chi connectivity index (χ2n) is 7.17. The molecule has 1 aliphatic carbocycles. The van der Waals surface area contributed by atoms with E-state index in [2.05, 4.69) is 10.2 Å². The summed E-state index contributed by atoms with van der Waals surface area (Å²) in [6.45, 7) is 4.82. The molecule has 3 rings (SSSR count). The maximum atomic E-state index is 12.6. The third-order valence-electron chi connectivity index (χ3n) is 5.55. The quantitative estimate of drug-likeness (QED) is 0.714. The lowest BCUT2D eigenvalue weighted by Crippen LogP contribution is -2.54. The Bertz CT molecular complexity index is 504. The lowest BCUT2D eigenvalue weighted by Gasteiger charge is -2.37. The van der Waals surface area contributed by atoms with Crippen molar-refractivity contribution < 1.29 is 14.4 Å². The first-order valence-corrected chi connectivity index (χ1v) is 9.08. The molecular weight excluding hydrogens is 308 g/mol. The summed E-state index contributed by atoms with van der Waals surface area (Å²) < 4.78 is 0. The summed E-state index contributed by atoms with van der Waals surface area (Å²) in [6, 6.07) is 0. The van der Waals surface area contributed by atoms with E-state index in [4.69, 9.17) is 0 Å². The highest BCUT2D eigenvalue weighted by Crippen LogP contribution is 2.47. The number of hydrogen-bond donors (Lipinski definition) is 1. The van der Waals surface area contributed by atoms with Gasteiger partial charge in [-0.3, -0.25) is 19.3 Å². The highest BCUT2D eigenvalue weighted by atomic mass is 16.2. The van der Waals surface area contributed by atoms with Crippen LogP contribution in [-0.2, 0) is 14.4 Å². The first-order valence-electron chi connectivity index (χ1n) is 9.08. The van der Waals surface area contributed by atoms with Crippen LogP contribution in [0.2, 0.25) is 0 Å². The molecule has 0 aromatic carbocycles. The molecule has 0 unspecified atom stereocenters. The van der Waals surface area contributed by atoms with Crippen molar-refractivity contribution in [3.63, 3.8) is 0 Å². The average Bonchev–Trinajstić information content (AvgIpc) is 3.44. The Labute approximate surface area is 143 Å². The second-order valence-corrected chi connectivity index (χ2v) is 7.17. The van der Waals surface area contributed by atoms with Crippen molar-refractivity contribution >= 4 is 17.7 Å². The van der Waals surface area contributed by atoms with Gasteiger partial charge < -0.3 is 15.1 Å². The Balaban J connectivity index is 1.46. The van der Waals surface area contributed by atoms with Crippen LogP contribution in [0.4, 0.5) is 0 Å². The number of likely N-dealkylation sites (tertiary alicyclic amines) is 1. The van der Waals surface area contributed by atoms with E-state index in [9.17, 15) is 14.4 Å². The Morgan fingerprint density at radius 1 is 0.875 bits per heavy atom. The maximum Gasteiger partial charge on any atom is 0.238 e. The van der Waals surface area contributed by atoms with Crippen LogP contribution < -0.4 is 5.32 Å². The third-order valence-corrected chi connectivity index (χ3v) is 5.55. The Morgan fingerprint density at radius 2 is 1.50 bits per heavy atom. The fourth-order valence-corrected chi connectivity index (χ4v) is 3.75. The third kappa shape index (κ3) is 3.41. The number of carbonyl (C=O) groups is 3. The fraction of sp³-hybridized carbons (Fsp3) is 0.824. The minimum Gasteiger partial charge on any atom is -0.358 e. The van der Waals surface area contributed by atoms with E-state index < -0.39 is 5.41 Å². The van der Waals surface area contributed by atoms with Crippen LogP contribution in [0.3, 0.4) is 0 Å². The second kappa shape index (κ2) is 7.09. The fourth-order valence-electron chi connectivity index (χ4n) is 3.75. The smallest absolute Gasteiger partial charge is 0.238 e. The van der Waals surface area contributed by atoms with Crippen LogP contribution in [0.25, 0.3) is 0 Å².